The van der Waals surface area contributed by atoms with E-state index in [-0.39, 0.29) is 12.2 Å². The van der Waals surface area contributed by atoms with Crippen molar-refractivity contribution in [1.29, 1.82) is 0 Å². The van der Waals surface area contributed by atoms with Crippen molar-refractivity contribution in [2.24, 2.45) is 11.1 Å². The van der Waals surface area contributed by atoms with E-state index in [1.807, 2.05) is 18.2 Å². The van der Waals surface area contributed by atoms with Gasteiger partial charge in [0.15, 0.2) is 11.5 Å². The fraction of sp³-hybridized carbons (Fsp3) is 0.625. The second-order valence-corrected chi connectivity index (χ2v) is 6.00. The minimum atomic E-state index is -0.528. The minimum Gasteiger partial charge on any atom is -0.454 e. The largest absolute Gasteiger partial charge is 0.454 e. The molecule has 0 spiro atoms. The maximum absolute atomic E-state index is 10.9. The van der Waals surface area contributed by atoms with Gasteiger partial charge in [0.05, 0.1) is 6.10 Å². The summed E-state index contributed by atoms with van der Waals surface area (Å²) in [5.41, 5.74) is 6.74. The number of fused-ring (bicyclic) bond motifs is 1. The zero-order chi connectivity index (χ0) is 14.0. The summed E-state index contributed by atoms with van der Waals surface area (Å²) in [6, 6.07) is 5.71. The molecule has 1 unspecified atom stereocenters. The molecule has 110 valence electrons. The van der Waals surface area contributed by atoms with E-state index in [4.69, 9.17) is 15.2 Å². The molecule has 1 aliphatic carbocycles. The predicted molar refractivity (Wildman–Crippen MR) is 76.7 cm³/mol. The van der Waals surface area contributed by atoms with Gasteiger partial charge in [0.25, 0.3) is 0 Å². The highest BCUT2D eigenvalue weighted by molar-refractivity contribution is 5.45. The van der Waals surface area contributed by atoms with Crippen LogP contribution in [-0.4, -0.2) is 18.4 Å². The number of rotatable bonds is 3. The number of nitrogens with two attached hydrogens (primary N) is 1. The second-order valence-electron chi connectivity index (χ2n) is 6.00. The molecule has 1 aliphatic heterocycles. The topological polar surface area (TPSA) is 64.7 Å². The van der Waals surface area contributed by atoms with E-state index in [1.165, 1.54) is 12.8 Å². The van der Waals surface area contributed by atoms with Gasteiger partial charge in [-0.15, -0.1) is 0 Å². The van der Waals surface area contributed by atoms with Crippen LogP contribution >= 0.6 is 0 Å². The Morgan fingerprint density at radius 1 is 1.10 bits per heavy atom. The van der Waals surface area contributed by atoms with Crippen LogP contribution in [0.4, 0.5) is 0 Å². The van der Waals surface area contributed by atoms with E-state index in [1.54, 1.807) is 0 Å². The molecule has 0 radical (unpaired) electrons. The summed E-state index contributed by atoms with van der Waals surface area (Å²) in [5, 5.41) is 10.9. The summed E-state index contributed by atoms with van der Waals surface area (Å²) in [4.78, 5) is 0. The Balaban J connectivity index is 1.87. The maximum Gasteiger partial charge on any atom is 0.231 e. The Morgan fingerprint density at radius 2 is 1.80 bits per heavy atom. The van der Waals surface area contributed by atoms with E-state index in [9.17, 15) is 5.11 Å². The number of hydrogen-bond donors (Lipinski definition) is 2. The van der Waals surface area contributed by atoms with Crippen LogP contribution in [0, 0.1) is 5.41 Å². The van der Waals surface area contributed by atoms with Gasteiger partial charge in [-0.1, -0.05) is 31.7 Å². The summed E-state index contributed by atoms with van der Waals surface area (Å²) in [5.74, 6) is 1.48. The van der Waals surface area contributed by atoms with Crippen LogP contribution in [-0.2, 0) is 0 Å². The molecule has 1 fully saturated rings. The highest BCUT2D eigenvalue weighted by Crippen LogP contribution is 2.46. The molecule has 20 heavy (non-hydrogen) atoms. The molecule has 0 saturated heterocycles. The lowest BCUT2D eigenvalue weighted by molar-refractivity contribution is 0.0165. The second kappa shape index (κ2) is 5.62. The summed E-state index contributed by atoms with van der Waals surface area (Å²) in [6.45, 7) is 0.791. The Kier molecular flexibility index (Phi) is 3.85. The van der Waals surface area contributed by atoms with E-state index in [2.05, 4.69) is 0 Å². The molecule has 1 heterocycles. The highest BCUT2D eigenvalue weighted by atomic mass is 16.7. The van der Waals surface area contributed by atoms with E-state index in [0.29, 0.717) is 6.54 Å². The molecule has 1 atom stereocenters. The van der Waals surface area contributed by atoms with Gasteiger partial charge in [0.1, 0.15) is 0 Å². The molecule has 0 aromatic heterocycles. The minimum absolute atomic E-state index is 0.190. The third kappa shape index (κ3) is 2.38. The van der Waals surface area contributed by atoms with E-state index >= 15 is 0 Å². The first-order chi connectivity index (χ1) is 9.75. The first-order valence-electron chi connectivity index (χ1n) is 7.53. The lowest BCUT2D eigenvalue weighted by Crippen LogP contribution is -2.36. The Morgan fingerprint density at radius 3 is 2.50 bits per heavy atom. The fourth-order valence-corrected chi connectivity index (χ4v) is 3.46. The normalized spacial score (nSPS) is 22.3. The molecule has 4 nitrogen and oxygen atoms in total. The first-order valence-corrected chi connectivity index (χ1v) is 7.53. The van der Waals surface area contributed by atoms with Crippen molar-refractivity contribution in [3.63, 3.8) is 0 Å². The smallest absolute Gasteiger partial charge is 0.231 e. The Labute approximate surface area is 119 Å². The van der Waals surface area contributed by atoms with Gasteiger partial charge in [-0.25, -0.2) is 0 Å². The highest BCUT2D eigenvalue weighted by Gasteiger charge is 2.38. The number of hydrogen-bond acceptors (Lipinski definition) is 4. The van der Waals surface area contributed by atoms with Gasteiger partial charge >= 0.3 is 0 Å². The number of benzene rings is 1. The predicted octanol–water partition coefficient (Wildman–Crippen LogP) is 2.75. The van der Waals surface area contributed by atoms with Crippen molar-refractivity contribution < 1.29 is 14.6 Å². The van der Waals surface area contributed by atoms with Gasteiger partial charge in [-0.05, 0) is 30.5 Å². The van der Waals surface area contributed by atoms with Crippen LogP contribution in [0.1, 0.15) is 50.2 Å². The van der Waals surface area contributed by atoms with Gasteiger partial charge < -0.3 is 20.3 Å². The van der Waals surface area contributed by atoms with Crippen molar-refractivity contribution in [2.45, 2.75) is 44.6 Å². The first kappa shape index (κ1) is 13.7. The Bertz CT molecular complexity index is 467. The van der Waals surface area contributed by atoms with Crippen molar-refractivity contribution >= 4 is 0 Å². The lowest BCUT2D eigenvalue weighted by Gasteiger charge is -2.36. The molecule has 0 amide bonds. The van der Waals surface area contributed by atoms with Crippen molar-refractivity contribution in [2.75, 3.05) is 13.3 Å². The van der Waals surface area contributed by atoms with Crippen LogP contribution in [0.15, 0.2) is 18.2 Å². The number of aliphatic hydroxyl groups is 1. The monoisotopic (exact) mass is 277 g/mol. The molecule has 1 aromatic carbocycles. The molecule has 0 bridgehead atoms. The molecule has 3 N–H and O–H groups in total. The quantitative estimate of drug-likeness (QED) is 0.834. The number of aliphatic hydroxyl groups excluding tert-OH is 1. The standard InChI is InChI=1S/C16H23NO3/c17-10-16(7-3-1-2-4-8-16)15(18)12-5-6-13-14(9-12)20-11-19-13/h5-6,9,15,18H,1-4,7-8,10-11,17H2. The lowest BCUT2D eigenvalue weighted by atomic mass is 9.73. The van der Waals surface area contributed by atoms with Gasteiger partial charge in [0.2, 0.25) is 6.79 Å². The average Bonchev–Trinajstić information content (AvgIpc) is 2.81. The van der Waals surface area contributed by atoms with Gasteiger partial charge in [0, 0.05) is 12.0 Å². The van der Waals surface area contributed by atoms with Crippen molar-refractivity contribution in [3.05, 3.63) is 23.8 Å². The molecular weight excluding hydrogens is 254 g/mol. The van der Waals surface area contributed by atoms with Crippen LogP contribution in [0.5, 0.6) is 11.5 Å². The van der Waals surface area contributed by atoms with Crippen LogP contribution in [0.3, 0.4) is 0 Å². The average molecular weight is 277 g/mol. The summed E-state index contributed by atoms with van der Waals surface area (Å²) in [7, 11) is 0. The van der Waals surface area contributed by atoms with Crippen molar-refractivity contribution in [1.82, 2.24) is 0 Å². The van der Waals surface area contributed by atoms with Crippen LogP contribution in [0.2, 0.25) is 0 Å². The summed E-state index contributed by atoms with van der Waals surface area (Å²) >= 11 is 0. The Hall–Kier alpha value is -1.26. The zero-order valence-corrected chi connectivity index (χ0v) is 11.8. The zero-order valence-electron chi connectivity index (χ0n) is 11.8. The molecule has 4 heteroatoms. The van der Waals surface area contributed by atoms with Crippen molar-refractivity contribution in [3.8, 4) is 11.5 Å². The third-order valence-electron chi connectivity index (χ3n) is 4.80. The summed E-state index contributed by atoms with van der Waals surface area (Å²) < 4.78 is 10.7. The molecule has 1 saturated carbocycles. The molecule has 1 aromatic rings. The van der Waals surface area contributed by atoms with Crippen LogP contribution in [0.25, 0.3) is 0 Å². The molecule has 3 rings (SSSR count). The molecular formula is C16H23NO3. The third-order valence-corrected chi connectivity index (χ3v) is 4.80. The summed E-state index contributed by atoms with van der Waals surface area (Å²) in [6.07, 6.45) is 6.27. The van der Waals surface area contributed by atoms with Gasteiger partial charge in [-0.3, -0.25) is 0 Å². The fourth-order valence-electron chi connectivity index (χ4n) is 3.46. The maximum atomic E-state index is 10.9. The van der Waals surface area contributed by atoms with E-state index in [0.717, 1.165) is 42.7 Å². The SMILES string of the molecule is NCC1(C(O)c2ccc3c(c2)OCO3)CCCCCC1. The molecule has 2 aliphatic rings. The van der Waals surface area contributed by atoms with Gasteiger partial charge in [-0.2, -0.15) is 0 Å². The van der Waals surface area contributed by atoms with Crippen LogP contribution < -0.4 is 15.2 Å². The van der Waals surface area contributed by atoms with E-state index < -0.39 is 6.10 Å². The number of ether oxygens (including phenoxy) is 2.